The van der Waals surface area contributed by atoms with Crippen molar-refractivity contribution >= 4 is 0 Å². The van der Waals surface area contributed by atoms with Crippen molar-refractivity contribution in [1.82, 2.24) is 0 Å². The molecule has 0 aliphatic heterocycles. The van der Waals surface area contributed by atoms with Crippen LogP contribution in [0.4, 0.5) is 0 Å². The molecule has 0 aromatic heterocycles. The summed E-state index contributed by atoms with van der Waals surface area (Å²) in [6, 6.07) is 5.79. The second kappa shape index (κ2) is 6.51. The largest absolute Gasteiger partial charge is 0.490 e. The first-order chi connectivity index (χ1) is 7.69. The Bertz CT molecular complexity index is 323. The van der Waals surface area contributed by atoms with Gasteiger partial charge in [0.1, 0.15) is 5.75 Å². The van der Waals surface area contributed by atoms with Crippen molar-refractivity contribution in [2.45, 2.75) is 33.0 Å². The smallest absolute Gasteiger partial charge is 0.128 e. The molecule has 0 radical (unpaired) electrons. The third kappa shape index (κ3) is 3.51. The van der Waals surface area contributed by atoms with Crippen LogP contribution in [-0.2, 0) is 11.3 Å². The number of ether oxygens (including phenoxy) is 2. The molecular weight excluding hydrogens is 204 g/mol. The van der Waals surface area contributed by atoms with Crippen LogP contribution in [0.2, 0.25) is 0 Å². The number of methoxy groups -OCH3 is 1. The molecule has 0 aliphatic rings. The number of benzene rings is 1. The van der Waals surface area contributed by atoms with E-state index in [-0.39, 0.29) is 12.7 Å². The van der Waals surface area contributed by atoms with Gasteiger partial charge in [0.15, 0.2) is 0 Å². The molecule has 1 rings (SSSR count). The van der Waals surface area contributed by atoms with E-state index in [4.69, 9.17) is 9.47 Å². The molecule has 1 unspecified atom stereocenters. The average molecular weight is 224 g/mol. The minimum atomic E-state index is 0.00795. The Morgan fingerprint density at radius 1 is 1.38 bits per heavy atom. The molecule has 0 aliphatic carbocycles. The molecule has 0 heterocycles. The fourth-order valence-corrected chi connectivity index (χ4v) is 1.55. The van der Waals surface area contributed by atoms with E-state index in [1.54, 1.807) is 7.11 Å². The second-order valence-corrected chi connectivity index (χ2v) is 3.93. The van der Waals surface area contributed by atoms with Gasteiger partial charge in [0.2, 0.25) is 0 Å². The minimum absolute atomic E-state index is 0.00795. The van der Waals surface area contributed by atoms with E-state index >= 15 is 0 Å². The highest BCUT2D eigenvalue weighted by molar-refractivity contribution is 5.40. The van der Waals surface area contributed by atoms with Crippen LogP contribution >= 0.6 is 0 Å². The van der Waals surface area contributed by atoms with Crippen LogP contribution in [-0.4, -0.2) is 24.9 Å². The topological polar surface area (TPSA) is 38.7 Å². The Labute approximate surface area is 97.0 Å². The molecule has 1 aromatic rings. The molecule has 1 atom stereocenters. The maximum absolute atomic E-state index is 9.23. The molecule has 1 N–H and O–H groups in total. The highest BCUT2D eigenvalue weighted by atomic mass is 16.5. The summed E-state index contributed by atoms with van der Waals surface area (Å²) in [6.45, 7) is 4.68. The van der Waals surface area contributed by atoms with Gasteiger partial charge in [-0.05, 0) is 19.4 Å². The van der Waals surface area contributed by atoms with Gasteiger partial charge in [-0.25, -0.2) is 0 Å². The van der Waals surface area contributed by atoms with E-state index in [1.165, 1.54) is 0 Å². The molecule has 0 saturated carbocycles. The maximum atomic E-state index is 9.23. The van der Waals surface area contributed by atoms with E-state index in [0.717, 1.165) is 23.3 Å². The lowest BCUT2D eigenvalue weighted by Gasteiger charge is -2.18. The summed E-state index contributed by atoms with van der Waals surface area (Å²) in [7, 11) is 1.68. The summed E-state index contributed by atoms with van der Waals surface area (Å²) in [4.78, 5) is 0. The lowest BCUT2D eigenvalue weighted by Crippen LogP contribution is -2.15. The molecule has 3 heteroatoms. The van der Waals surface area contributed by atoms with E-state index in [0.29, 0.717) is 6.61 Å². The lowest BCUT2D eigenvalue weighted by molar-refractivity contribution is 0.132. The molecule has 1 aromatic carbocycles. The molecule has 0 saturated heterocycles. The molecule has 0 bridgehead atoms. The van der Waals surface area contributed by atoms with Gasteiger partial charge in [0.05, 0.1) is 12.7 Å². The normalized spacial score (nSPS) is 12.5. The number of aliphatic hydroxyl groups is 1. The Kier molecular flexibility index (Phi) is 5.29. The minimum Gasteiger partial charge on any atom is -0.490 e. The average Bonchev–Trinajstić information content (AvgIpc) is 2.29. The zero-order valence-corrected chi connectivity index (χ0v) is 10.2. The summed E-state index contributed by atoms with van der Waals surface area (Å²) < 4.78 is 10.8. The summed E-state index contributed by atoms with van der Waals surface area (Å²) in [6.07, 6.45) is 0.932. The Morgan fingerprint density at radius 3 is 2.75 bits per heavy atom. The first-order valence-electron chi connectivity index (χ1n) is 5.54. The van der Waals surface area contributed by atoms with Crippen molar-refractivity contribution < 1.29 is 14.6 Å². The van der Waals surface area contributed by atoms with Gasteiger partial charge in [-0.2, -0.15) is 0 Å². The Hall–Kier alpha value is -1.06. The number of rotatable bonds is 6. The van der Waals surface area contributed by atoms with Gasteiger partial charge >= 0.3 is 0 Å². The first kappa shape index (κ1) is 13.0. The maximum Gasteiger partial charge on any atom is 0.128 e. The molecule has 90 valence electrons. The van der Waals surface area contributed by atoms with Crippen molar-refractivity contribution in [3.8, 4) is 5.75 Å². The van der Waals surface area contributed by atoms with Crippen molar-refractivity contribution in [3.05, 3.63) is 29.3 Å². The van der Waals surface area contributed by atoms with Crippen LogP contribution in [0, 0.1) is 6.92 Å². The predicted molar refractivity (Wildman–Crippen MR) is 63.7 cm³/mol. The molecule has 16 heavy (non-hydrogen) atoms. The highest BCUT2D eigenvalue weighted by Crippen LogP contribution is 2.25. The zero-order valence-electron chi connectivity index (χ0n) is 10.2. The summed E-state index contributed by atoms with van der Waals surface area (Å²) >= 11 is 0. The summed E-state index contributed by atoms with van der Waals surface area (Å²) in [5, 5.41) is 9.23. The third-order valence-electron chi connectivity index (χ3n) is 2.51. The van der Waals surface area contributed by atoms with Crippen LogP contribution in [0.3, 0.4) is 0 Å². The number of hydrogen-bond donors (Lipinski definition) is 1. The van der Waals surface area contributed by atoms with E-state index in [2.05, 4.69) is 0 Å². The molecule has 0 spiro atoms. The van der Waals surface area contributed by atoms with Crippen molar-refractivity contribution in [2.75, 3.05) is 13.7 Å². The number of aryl methyl sites for hydroxylation is 1. The van der Waals surface area contributed by atoms with Gasteiger partial charge in [-0.15, -0.1) is 0 Å². The van der Waals surface area contributed by atoms with Gasteiger partial charge in [-0.3, -0.25) is 0 Å². The Balaban J connectivity index is 2.71. The van der Waals surface area contributed by atoms with Crippen molar-refractivity contribution in [2.24, 2.45) is 0 Å². The number of hydrogen-bond acceptors (Lipinski definition) is 3. The van der Waals surface area contributed by atoms with Crippen LogP contribution < -0.4 is 4.74 Å². The standard InChI is InChI=1S/C13H20O3/c1-10-5-4-6-12(9-14)13(10)16-11(2)7-8-15-3/h4-6,11,14H,7-9H2,1-3H3. The SMILES string of the molecule is COCCC(C)Oc1c(C)cccc1CO. The summed E-state index contributed by atoms with van der Waals surface area (Å²) in [5.74, 6) is 0.800. The van der Waals surface area contributed by atoms with Crippen molar-refractivity contribution in [3.63, 3.8) is 0 Å². The van der Waals surface area contributed by atoms with Gasteiger partial charge < -0.3 is 14.6 Å². The van der Waals surface area contributed by atoms with Gasteiger partial charge in [0, 0.05) is 25.7 Å². The third-order valence-corrected chi connectivity index (χ3v) is 2.51. The lowest BCUT2D eigenvalue weighted by atomic mass is 10.1. The Morgan fingerprint density at radius 2 is 2.12 bits per heavy atom. The molecule has 0 amide bonds. The molecular formula is C13H20O3. The van der Waals surface area contributed by atoms with Crippen LogP contribution in [0.25, 0.3) is 0 Å². The monoisotopic (exact) mass is 224 g/mol. The second-order valence-electron chi connectivity index (χ2n) is 3.93. The van der Waals surface area contributed by atoms with Gasteiger partial charge in [0.25, 0.3) is 0 Å². The zero-order chi connectivity index (χ0) is 12.0. The van der Waals surface area contributed by atoms with Crippen LogP contribution in [0.1, 0.15) is 24.5 Å². The quantitative estimate of drug-likeness (QED) is 0.805. The molecule has 3 nitrogen and oxygen atoms in total. The van der Waals surface area contributed by atoms with E-state index in [9.17, 15) is 5.11 Å². The molecule has 0 fully saturated rings. The fraction of sp³-hybridized carbons (Fsp3) is 0.538. The fourth-order valence-electron chi connectivity index (χ4n) is 1.55. The van der Waals surface area contributed by atoms with E-state index in [1.807, 2.05) is 32.0 Å². The first-order valence-corrected chi connectivity index (χ1v) is 5.54. The highest BCUT2D eigenvalue weighted by Gasteiger charge is 2.10. The number of para-hydroxylation sites is 1. The van der Waals surface area contributed by atoms with Crippen molar-refractivity contribution in [1.29, 1.82) is 0 Å². The van der Waals surface area contributed by atoms with E-state index < -0.39 is 0 Å². The predicted octanol–water partition coefficient (Wildman–Crippen LogP) is 2.29. The number of aliphatic hydroxyl groups excluding tert-OH is 1. The summed E-state index contributed by atoms with van der Waals surface area (Å²) in [5.41, 5.74) is 1.89. The van der Waals surface area contributed by atoms with Gasteiger partial charge in [-0.1, -0.05) is 18.2 Å². The van der Waals surface area contributed by atoms with Crippen LogP contribution in [0.15, 0.2) is 18.2 Å². The van der Waals surface area contributed by atoms with Crippen LogP contribution in [0.5, 0.6) is 5.75 Å².